The molecule has 2 atom stereocenters. The van der Waals surface area contributed by atoms with E-state index in [1.165, 1.54) is 22.0 Å². The van der Waals surface area contributed by atoms with Crippen LogP contribution in [0.25, 0.3) is 49.4 Å². The summed E-state index contributed by atoms with van der Waals surface area (Å²) in [6.45, 7) is 0. The number of fused-ring (bicyclic) bond motifs is 8. The van der Waals surface area contributed by atoms with Crippen molar-refractivity contribution >= 4 is 55.1 Å². The van der Waals surface area contributed by atoms with Gasteiger partial charge in [-0.25, -0.2) is 9.97 Å². The van der Waals surface area contributed by atoms with Gasteiger partial charge in [-0.3, -0.25) is 4.57 Å². The first-order valence-corrected chi connectivity index (χ1v) is 13.8. The molecule has 188 valence electrons. The van der Waals surface area contributed by atoms with Crippen LogP contribution in [0, 0.1) is 0 Å². The molecular weight excluding hydrogens is 488 g/mol. The lowest BCUT2D eigenvalue weighted by Gasteiger charge is -2.27. The Morgan fingerprint density at radius 2 is 1.23 bits per heavy atom. The van der Waals surface area contributed by atoms with Crippen LogP contribution in [0.15, 0.2) is 133 Å². The predicted molar refractivity (Wildman–Crippen MR) is 165 cm³/mol. The van der Waals surface area contributed by atoms with E-state index in [0.29, 0.717) is 0 Å². The Kier molecular flexibility index (Phi) is 4.41. The summed E-state index contributed by atoms with van der Waals surface area (Å²) >= 11 is 0. The van der Waals surface area contributed by atoms with Crippen LogP contribution in [0.1, 0.15) is 11.5 Å². The van der Waals surface area contributed by atoms with Crippen molar-refractivity contribution in [2.75, 3.05) is 4.90 Å². The van der Waals surface area contributed by atoms with Gasteiger partial charge in [0.1, 0.15) is 11.6 Å². The van der Waals surface area contributed by atoms with Crippen molar-refractivity contribution < 1.29 is 0 Å². The Balaban J connectivity index is 1.34. The van der Waals surface area contributed by atoms with Gasteiger partial charge >= 0.3 is 0 Å². The minimum absolute atomic E-state index is 0.179. The molecule has 0 N–H and O–H groups in total. The number of anilines is 2. The molecule has 4 aromatic carbocycles. The number of rotatable bonds is 2. The number of para-hydroxylation sites is 3. The van der Waals surface area contributed by atoms with E-state index in [4.69, 9.17) is 9.97 Å². The lowest BCUT2D eigenvalue weighted by Crippen LogP contribution is -2.29. The van der Waals surface area contributed by atoms with Gasteiger partial charge in [-0.15, -0.1) is 0 Å². The Labute approximate surface area is 231 Å². The van der Waals surface area contributed by atoms with E-state index in [0.717, 1.165) is 44.5 Å². The highest BCUT2D eigenvalue weighted by atomic mass is 15.2. The summed E-state index contributed by atoms with van der Waals surface area (Å²) in [6.07, 6.45) is 8.98. The molecule has 7 aromatic rings. The van der Waals surface area contributed by atoms with Crippen LogP contribution in [0.5, 0.6) is 0 Å². The molecule has 2 unspecified atom stereocenters. The molecule has 3 aromatic heterocycles. The Morgan fingerprint density at radius 1 is 0.550 bits per heavy atom. The van der Waals surface area contributed by atoms with E-state index in [9.17, 15) is 0 Å². The second-order valence-corrected chi connectivity index (χ2v) is 10.7. The molecule has 4 heterocycles. The summed E-state index contributed by atoms with van der Waals surface area (Å²) in [4.78, 5) is 12.7. The van der Waals surface area contributed by atoms with Crippen LogP contribution >= 0.6 is 0 Å². The Bertz CT molecular complexity index is 2200. The molecule has 40 heavy (non-hydrogen) atoms. The quantitative estimate of drug-likeness (QED) is 0.233. The topological polar surface area (TPSA) is 34.0 Å². The van der Waals surface area contributed by atoms with Crippen molar-refractivity contribution in [2.45, 2.75) is 12.0 Å². The summed E-state index contributed by atoms with van der Waals surface area (Å²) in [6, 6.07) is 38.9. The summed E-state index contributed by atoms with van der Waals surface area (Å²) < 4.78 is 2.32. The molecule has 2 aliphatic rings. The minimum atomic E-state index is 0.179. The fourth-order valence-electron chi connectivity index (χ4n) is 6.68. The summed E-state index contributed by atoms with van der Waals surface area (Å²) in [7, 11) is 0. The molecule has 0 saturated heterocycles. The van der Waals surface area contributed by atoms with Crippen molar-refractivity contribution in [3.63, 3.8) is 0 Å². The monoisotopic (exact) mass is 512 g/mol. The second kappa shape index (κ2) is 8.14. The van der Waals surface area contributed by atoms with Crippen LogP contribution in [-0.4, -0.2) is 20.6 Å². The number of benzene rings is 4. The second-order valence-electron chi connectivity index (χ2n) is 10.7. The number of allylic oxidation sites excluding steroid dienone is 2. The van der Waals surface area contributed by atoms with Gasteiger partial charge in [0.25, 0.3) is 0 Å². The zero-order valence-electron chi connectivity index (χ0n) is 21.6. The molecule has 0 spiro atoms. The normalized spacial score (nSPS) is 17.8. The van der Waals surface area contributed by atoms with E-state index in [1.54, 1.807) is 0 Å². The molecule has 0 fully saturated rings. The summed E-state index contributed by atoms with van der Waals surface area (Å²) in [5.41, 5.74) is 6.86. The van der Waals surface area contributed by atoms with Gasteiger partial charge in [-0.2, -0.15) is 0 Å². The fourth-order valence-corrected chi connectivity index (χ4v) is 6.68. The molecule has 9 rings (SSSR count). The van der Waals surface area contributed by atoms with E-state index in [1.807, 2.05) is 0 Å². The van der Waals surface area contributed by atoms with E-state index in [-0.39, 0.29) is 12.0 Å². The van der Waals surface area contributed by atoms with Crippen molar-refractivity contribution in [1.82, 2.24) is 14.5 Å². The average Bonchev–Trinajstić information content (AvgIpc) is 3.51. The minimum Gasteiger partial charge on any atom is -0.318 e. The van der Waals surface area contributed by atoms with Gasteiger partial charge in [-0.05, 0) is 60.2 Å². The average molecular weight is 513 g/mol. The highest BCUT2D eigenvalue weighted by molar-refractivity contribution is 6.11. The molecule has 4 heteroatoms. The molecule has 1 aliphatic carbocycles. The van der Waals surface area contributed by atoms with Crippen LogP contribution in [0.2, 0.25) is 0 Å². The first-order chi connectivity index (χ1) is 19.8. The fraction of sp³-hybridized carbons (Fsp3) is 0.0556. The van der Waals surface area contributed by atoms with Crippen LogP contribution in [-0.2, 0) is 0 Å². The lowest BCUT2D eigenvalue weighted by atomic mass is 9.90. The third kappa shape index (κ3) is 3.02. The maximum atomic E-state index is 5.13. The van der Waals surface area contributed by atoms with Crippen molar-refractivity contribution in [2.24, 2.45) is 0 Å². The number of hydrogen-bond donors (Lipinski definition) is 0. The van der Waals surface area contributed by atoms with E-state index in [2.05, 4.69) is 143 Å². The number of aromatic nitrogens is 3. The smallest absolute Gasteiger partial charge is 0.138 e. The zero-order chi connectivity index (χ0) is 26.2. The SMILES string of the molecule is C1=CC2c3cc4c5ccccc5n(-c5ccc6ccccc6n5)c4cc3N(c3ccc4ccccc4n3)C2C=C1. The first-order valence-electron chi connectivity index (χ1n) is 13.8. The molecule has 0 amide bonds. The van der Waals surface area contributed by atoms with Gasteiger partial charge in [0.05, 0.1) is 28.1 Å². The van der Waals surface area contributed by atoms with Gasteiger partial charge < -0.3 is 4.90 Å². The van der Waals surface area contributed by atoms with Gasteiger partial charge in [0.15, 0.2) is 0 Å². The molecule has 0 radical (unpaired) electrons. The maximum absolute atomic E-state index is 5.13. The zero-order valence-corrected chi connectivity index (χ0v) is 21.6. The lowest BCUT2D eigenvalue weighted by molar-refractivity contribution is 0.739. The Hall–Kier alpha value is -5.22. The molecule has 0 saturated carbocycles. The highest BCUT2D eigenvalue weighted by Crippen LogP contribution is 2.50. The standard InChI is InChI=1S/C36H24N4/c1-5-13-29-23(9-1)17-19-35(37-29)39-31-15-7-3-11-25(31)27-21-28-26-12-4-8-16-32(26)40(34(28)22-33(27)39)36-20-18-24-10-2-6-14-30(24)38-36/h1-22,25,31H. The van der Waals surface area contributed by atoms with Crippen molar-refractivity contribution in [3.05, 3.63) is 139 Å². The van der Waals surface area contributed by atoms with E-state index >= 15 is 0 Å². The molecule has 4 nitrogen and oxygen atoms in total. The third-order valence-electron chi connectivity index (χ3n) is 8.49. The summed E-state index contributed by atoms with van der Waals surface area (Å²) in [5, 5.41) is 4.78. The number of hydrogen-bond acceptors (Lipinski definition) is 3. The largest absolute Gasteiger partial charge is 0.318 e. The van der Waals surface area contributed by atoms with Crippen LogP contribution in [0.4, 0.5) is 11.5 Å². The summed E-state index contributed by atoms with van der Waals surface area (Å²) in [5.74, 6) is 2.16. The first kappa shape index (κ1) is 21.7. The Morgan fingerprint density at radius 3 is 2.05 bits per heavy atom. The molecule has 1 aliphatic heterocycles. The van der Waals surface area contributed by atoms with Crippen LogP contribution in [0.3, 0.4) is 0 Å². The maximum Gasteiger partial charge on any atom is 0.138 e. The van der Waals surface area contributed by atoms with Crippen molar-refractivity contribution in [3.8, 4) is 5.82 Å². The predicted octanol–water partition coefficient (Wildman–Crippen LogP) is 8.61. The van der Waals surface area contributed by atoms with Gasteiger partial charge in [0, 0.05) is 33.2 Å². The van der Waals surface area contributed by atoms with Gasteiger partial charge in [0.2, 0.25) is 0 Å². The van der Waals surface area contributed by atoms with E-state index < -0.39 is 0 Å². The molecular formula is C36H24N4. The number of pyridine rings is 2. The third-order valence-corrected chi connectivity index (χ3v) is 8.49. The van der Waals surface area contributed by atoms with Crippen molar-refractivity contribution in [1.29, 1.82) is 0 Å². The highest BCUT2D eigenvalue weighted by Gasteiger charge is 2.39. The molecule has 0 bridgehead atoms. The number of nitrogens with zero attached hydrogens (tertiary/aromatic N) is 4. The van der Waals surface area contributed by atoms with Crippen LogP contribution < -0.4 is 4.90 Å². The van der Waals surface area contributed by atoms with Gasteiger partial charge in [-0.1, -0.05) is 78.9 Å².